The average molecular weight is 326 g/mol. The molecule has 1 aliphatic rings. The van der Waals surface area contributed by atoms with Crippen LogP contribution < -0.4 is 4.72 Å². The summed E-state index contributed by atoms with van der Waals surface area (Å²) >= 11 is 0. The van der Waals surface area contributed by atoms with E-state index in [2.05, 4.69) is 21.8 Å². The van der Waals surface area contributed by atoms with Crippen LogP contribution in [0.5, 0.6) is 0 Å². The summed E-state index contributed by atoms with van der Waals surface area (Å²) in [5.74, 6) is 0. The Morgan fingerprint density at radius 3 is 2.55 bits per heavy atom. The molecule has 1 saturated heterocycles. The van der Waals surface area contributed by atoms with Gasteiger partial charge in [-0.05, 0) is 39.4 Å². The Hall–Kier alpha value is -0.950. The summed E-state index contributed by atoms with van der Waals surface area (Å²) in [5.41, 5.74) is 1.21. The first-order valence-electron chi connectivity index (χ1n) is 7.70. The number of sulfonamides is 1. The van der Waals surface area contributed by atoms with Crippen LogP contribution in [0.3, 0.4) is 0 Å². The quantitative estimate of drug-likeness (QED) is 0.819. The van der Waals surface area contributed by atoms with Gasteiger partial charge < -0.3 is 9.64 Å². The van der Waals surface area contributed by atoms with Gasteiger partial charge in [-0.1, -0.05) is 30.3 Å². The lowest BCUT2D eigenvalue weighted by atomic mass is 10.1. The van der Waals surface area contributed by atoms with Gasteiger partial charge in [-0.15, -0.1) is 0 Å². The third kappa shape index (κ3) is 4.52. The van der Waals surface area contributed by atoms with Crippen LogP contribution in [-0.2, 0) is 21.2 Å². The average Bonchev–Trinajstić information content (AvgIpc) is 2.91. The molecule has 0 spiro atoms. The molecular formula is C16H26N2O3S. The van der Waals surface area contributed by atoms with Gasteiger partial charge >= 0.3 is 0 Å². The summed E-state index contributed by atoms with van der Waals surface area (Å²) in [6, 6.07) is 10.2. The van der Waals surface area contributed by atoms with Gasteiger partial charge in [0.2, 0.25) is 10.0 Å². The summed E-state index contributed by atoms with van der Waals surface area (Å²) in [7, 11) is 0.619. The van der Waals surface area contributed by atoms with Gasteiger partial charge in [-0.25, -0.2) is 13.1 Å². The first-order chi connectivity index (χ1) is 10.4. The Labute approximate surface area is 133 Å². The standard InChI is InChI=1S/C16H26N2O3S/c1-13-16(9-10-21-13)22(19,20)17-12-15(18(2)3)11-14-7-5-4-6-8-14/h4-8,13,15-17H,9-12H2,1-3H3/t13-,15-,16+/m0/s1. The molecule has 22 heavy (non-hydrogen) atoms. The zero-order chi connectivity index (χ0) is 16.2. The minimum atomic E-state index is -3.33. The molecule has 1 aliphatic heterocycles. The molecule has 1 heterocycles. The van der Waals surface area contributed by atoms with Crippen molar-refractivity contribution >= 4 is 10.0 Å². The molecule has 124 valence electrons. The van der Waals surface area contributed by atoms with E-state index >= 15 is 0 Å². The van der Waals surface area contributed by atoms with Gasteiger partial charge in [0.15, 0.2) is 0 Å². The van der Waals surface area contributed by atoms with Gasteiger partial charge in [0.05, 0.1) is 6.10 Å². The second kappa shape index (κ2) is 7.55. The molecule has 0 aromatic heterocycles. The van der Waals surface area contributed by atoms with Crippen LogP contribution in [0.2, 0.25) is 0 Å². The fraction of sp³-hybridized carbons (Fsp3) is 0.625. The van der Waals surface area contributed by atoms with Gasteiger partial charge in [-0.3, -0.25) is 0 Å². The molecule has 1 aromatic carbocycles. The Bertz CT molecular complexity index is 560. The minimum absolute atomic E-state index is 0.120. The number of nitrogens with one attached hydrogen (secondary N) is 1. The van der Waals surface area contributed by atoms with E-state index in [9.17, 15) is 8.42 Å². The van der Waals surface area contributed by atoms with Crippen LogP contribution in [0.25, 0.3) is 0 Å². The second-order valence-corrected chi connectivity index (χ2v) is 8.09. The van der Waals surface area contributed by atoms with Gasteiger partial charge in [0.1, 0.15) is 5.25 Å². The number of ether oxygens (including phenoxy) is 1. The van der Waals surface area contributed by atoms with Crippen LogP contribution in [0.4, 0.5) is 0 Å². The molecule has 0 radical (unpaired) electrons. The highest BCUT2D eigenvalue weighted by Gasteiger charge is 2.35. The largest absolute Gasteiger partial charge is 0.377 e. The molecule has 0 saturated carbocycles. The van der Waals surface area contributed by atoms with E-state index in [1.165, 1.54) is 5.56 Å². The van der Waals surface area contributed by atoms with E-state index in [1.54, 1.807) is 0 Å². The molecule has 0 unspecified atom stereocenters. The fourth-order valence-corrected chi connectivity index (χ4v) is 4.39. The predicted molar refractivity (Wildman–Crippen MR) is 88.4 cm³/mol. The number of hydrogen-bond donors (Lipinski definition) is 1. The van der Waals surface area contributed by atoms with Crippen LogP contribution in [0.15, 0.2) is 30.3 Å². The molecular weight excluding hydrogens is 300 g/mol. The van der Waals surface area contributed by atoms with Crippen LogP contribution in [0.1, 0.15) is 18.9 Å². The van der Waals surface area contributed by atoms with Crippen molar-refractivity contribution in [1.82, 2.24) is 9.62 Å². The van der Waals surface area contributed by atoms with Crippen LogP contribution in [-0.4, -0.2) is 58.0 Å². The summed E-state index contributed by atoms with van der Waals surface area (Å²) in [6.07, 6.45) is 1.15. The number of hydrogen-bond acceptors (Lipinski definition) is 4. The third-order valence-corrected chi connectivity index (χ3v) is 6.25. The SMILES string of the molecule is C[C@@H]1OCC[C@H]1S(=O)(=O)NC[C@H](Cc1ccccc1)N(C)C. The van der Waals surface area contributed by atoms with Crippen LogP contribution in [0, 0.1) is 0 Å². The lowest BCUT2D eigenvalue weighted by Gasteiger charge is -2.26. The first-order valence-corrected chi connectivity index (χ1v) is 9.25. The van der Waals surface area contributed by atoms with Crippen molar-refractivity contribution in [2.24, 2.45) is 0 Å². The zero-order valence-corrected chi connectivity index (χ0v) is 14.3. The molecule has 0 bridgehead atoms. The van der Waals surface area contributed by atoms with Crippen LogP contribution >= 0.6 is 0 Å². The van der Waals surface area contributed by atoms with Crippen molar-refractivity contribution in [2.45, 2.75) is 37.2 Å². The molecule has 0 amide bonds. The topological polar surface area (TPSA) is 58.6 Å². The smallest absolute Gasteiger partial charge is 0.217 e. The van der Waals surface area contributed by atoms with Crippen molar-refractivity contribution in [2.75, 3.05) is 27.2 Å². The Kier molecular flexibility index (Phi) is 5.97. The van der Waals surface area contributed by atoms with E-state index in [4.69, 9.17) is 4.74 Å². The van der Waals surface area contributed by atoms with E-state index < -0.39 is 15.3 Å². The molecule has 5 nitrogen and oxygen atoms in total. The van der Waals surface area contributed by atoms with Crippen molar-refractivity contribution < 1.29 is 13.2 Å². The summed E-state index contributed by atoms with van der Waals surface area (Å²) in [5, 5.41) is -0.438. The number of likely N-dealkylation sites (N-methyl/N-ethyl adjacent to an activating group) is 1. The van der Waals surface area contributed by atoms with Gasteiger partial charge in [0.25, 0.3) is 0 Å². The zero-order valence-electron chi connectivity index (χ0n) is 13.5. The fourth-order valence-electron chi connectivity index (χ4n) is 2.76. The van der Waals surface area contributed by atoms with E-state index in [0.717, 1.165) is 6.42 Å². The van der Waals surface area contributed by atoms with Crippen molar-refractivity contribution in [3.05, 3.63) is 35.9 Å². The molecule has 1 N–H and O–H groups in total. The molecule has 1 aromatic rings. The highest BCUT2D eigenvalue weighted by Crippen LogP contribution is 2.20. The highest BCUT2D eigenvalue weighted by molar-refractivity contribution is 7.90. The summed E-state index contributed by atoms with van der Waals surface area (Å²) in [6.45, 7) is 2.76. The maximum atomic E-state index is 12.4. The normalized spacial score (nSPS) is 23.8. The highest BCUT2D eigenvalue weighted by atomic mass is 32.2. The molecule has 1 fully saturated rings. The molecule has 3 atom stereocenters. The van der Waals surface area contributed by atoms with Gasteiger partial charge in [0, 0.05) is 19.2 Å². The van der Waals surface area contributed by atoms with E-state index in [-0.39, 0.29) is 12.1 Å². The third-order valence-electron chi connectivity index (χ3n) is 4.27. The van der Waals surface area contributed by atoms with E-state index in [1.807, 2.05) is 39.2 Å². The summed E-state index contributed by atoms with van der Waals surface area (Å²) < 4.78 is 33.0. The lowest BCUT2D eigenvalue weighted by Crippen LogP contribution is -2.45. The van der Waals surface area contributed by atoms with Crippen molar-refractivity contribution in [3.8, 4) is 0 Å². The molecule has 6 heteroatoms. The van der Waals surface area contributed by atoms with E-state index in [0.29, 0.717) is 19.6 Å². The number of rotatable bonds is 7. The summed E-state index contributed by atoms with van der Waals surface area (Å²) in [4.78, 5) is 2.06. The Morgan fingerprint density at radius 1 is 1.32 bits per heavy atom. The maximum absolute atomic E-state index is 12.4. The molecule has 2 rings (SSSR count). The van der Waals surface area contributed by atoms with Crippen molar-refractivity contribution in [1.29, 1.82) is 0 Å². The van der Waals surface area contributed by atoms with Crippen molar-refractivity contribution in [3.63, 3.8) is 0 Å². The van der Waals surface area contributed by atoms with Gasteiger partial charge in [-0.2, -0.15) is 0 Å². The number of benzene rings is 1. The minimum Gasteiger partial charge on any atom is -0.377 e. The Morgan fingerprint density at radius 2 is 2.00 bits per heavy atom. The second-order valence-electron chi connectivity index (χ2n) is 6.10. The predicted octanol–water partition coefficient (Wildman–Crippen LogP) is 1.26. The molecule has 0 aliphatic carbocycles. The lowest BCUT2D eigenvalue weighted by molar-refractivity contribution is 0.126. The number of nitrogens with zero attached hydrogens (tertiary/aromatic N) is 1. The first kappa shape index (κ1) is 17.4. The Balaban J connectivity index is 1.97. The monoisotopic (exact) mass is 326 g/mol. The maximum Gasteiger partial charge on any atom is 0.217 e.